The molecule has 26 heavy (non-hydrogen) atoms. The van der Waals surface area contributed by atoms with Gasteiger partial charge in [-0.25, -0.2) is 18.1 Å². The maximum absolute atomic E-state index is 12.5. The van der Waals surface area contributed by atoms with Gasteiger partial charge in [-0.05, 0) is 50.6 Å². The topological polar surface area (TPSA) is 88.2 Å². The molecule has 0 bridgehead atoms. The Balaban J connectivity index is 1.86. The molecule has 0 radical (unpaired) electrons. The third-order valence-corrected chi connectivity index (χ3v) is 6.23. The Labute approximate surface area is 156 Å². The highest BCUT2D eigenvalue weighted by Gasteiger charge is 2.18. The van der Waals surface area contributed by atoms with Gasteiger partial charge in [-0.2, -0.15) is 0 Å². The molecule has 0 spiro atoms. The molecule has 0 aliphatic rings. The van der Waals surface area contributed by atoms with Crippen LogP contribution >= 0.6 is 11.3 Å². The number of aryl methyl sites for hydroxylation is 1. The summed E-state index contributed by atoms with van der Waals surface area (Å²) in [4.78, 5) is 17.0. The Morgan fingerprint density at radius 1 is 1.15 bits per heavy atom. The molecule has 3 rings (SSSR count). The van der Waals surface area contributed by atoms with Crippen LogP contribution in [0.15, 0.2) is 47.4 Å². The number of nitrogens with one attached hydrogen (secondary N) is 2. The van der Waals surface area contributed by atoms with Crippen LogP contribution < -0.4 is 10.0 Å². The number of thiazole rings is 1. The van der Waals surface area contributed by atoms with Crippen LogP contribution in [0.3, 0.4) is 0 Å². The molecule has 0 saturated heterocycles. The van der Waals surface area contributed by atoms with E-state index in [9.17, 15) is 13.2 Å². The number of carbonyl (C=O) groups is 1. The molecule has 0 aliphatic heterocycles. The molecule has 1 heterocycles. The monoisotopic (exact) mass is 389 g/mol. The van der Waals surface area contributed by atoms with Gasteiger partial charge in [0.05, 0.1) is 15.1 Å². The molecule has 1 amide bonds. The zero-order valence-electron chi connectivity index (χ0n) is 14.6. The fraction of sp³-hybridized carbons (Fsp3) is 0.222. The van der Waals surface area contributed by atoms with Crippen LogP contribution in [0.4, 0.5) is 5.13 Å². The molecule has 0 atom stereocenters. The van der Waals surface area contributed by atoms with Gasteiger partial charge in [-0.3, -0.25) is 10.1 Å². The highest BCUT2D eigenvalue weighted by Crippen LogP contribution is 2.28. The third kappa shape index (κ3) is 3.92. The number of hydrogen-bond donors (Lipinski definition) is 2. The number of nitrogens with zero attached hydrogens (tertiary/aromatic N) is 1. The third-order valence-electron chi connectivity index (χ3n) is 3.64. The fourth-order valence-electron chi connectivity index (χ4n) is 2.49. The zero-order valence-corrected chi connectivity index (χ0v) is 16.2. The fourth-order valence-corrected chi connectivity index (χ4v) is 4.73. The lowest BCUT2D eigenvalue weighted by molar-refractivity contribution is 0.102. The van der Waals surface area contributed by atoms with Crippen molar-refractivity contribution in [3.05, 3.63) is 53.6 Å². The molecule has 0 saturated carbocycles. The van der Waals surface area contributed by atoms with Gasteiger partial charge in [0.25, 0.3) is 5.91 Å². The van der Waals surface area contributed by atoms with E-state index in [1.54, 1.807) is 26.0 Å². The second kappa shape index (κ2) is 7.14. The number of anilines is 1. The predicted octanol–water partition coefficient (Wildman–Crippen LogP) is 3.54. The molecular weight excluding hydrogens is 370 g/mol. The van der Waals surface area contributed by atoms with Gasteiger partial charge in [-0.15, -0.1) is 0 Å². The molecule has 0 fully saturated rings. The summed E-state index contributed by atoms with van der Waals surface area (Å²) in [6, 6.07) is 11.6. The number of para-hydroxylation sites is 1. The molecule has 2 aromatic carbocycles. The molecule has 3 aromatic rings. The van der Waals surface area contributed by atoms with Crippen molar-refractivity contribution >= 4 is 42.6 Å². The molecule has 0 aliphatic carbocycles. The van der Waals surface area contributed by atoms with E-state index in [1.165, 1.54) is 23.5 Å². The summed E-state index contributed by atoms with van der Waals surface area (Å²) < 4.78 is 28.0. The zero-order chi connectivity index (χ0) is 18.9. The maximum atomic E-state index is 12.5. The van der Waals surface area contributed by atoms with Crippen LogP contribution in [0, 0.1) is 6.92 Å². The van der Waals surface area contributed by atoms with Crippen molar-refractivity contribution in [2.75, 3.05) is 5.32 Å². The quantitative estimate of drug-likeness (QED) is 0.698. The van der Waals surface area contributed by atoms with Crippen molar-refractivity contribution < 1.29 is 13.2 Å². The number of aromatic nitrogens is 1. The van der Waals surface area contributed by atoms with Crippen molar-refractivity contribution in [1.29, 1.82) is 0 Å². The lowest BCUT2D eigenvalue weighted by Crippen LogP contribution is -2.30. The van der Waals surface area contributed by atoms with E-state index < -0.39 is 15.9 Å². The highest BCUT2D eigenvalue weighted by molar-refractivity contribution is 7.89. The van der Waals surface area contributed by atoms with Gasteiger partial charge in [0.1, 0.15) is 0 Å². The van der Waals surface area contributed by atoms with Gasteiger partial charge >= 0.3 is 0 Å². The SMILES string of the molecule is Cc1cccc2sc(NC(=O)c3cccc(S(=O)(=O)NC(C)C)c3)nc12. The number of hydrogen-bond acceptors (Lipinski definition) is 5. The summed E-state index contributed by atoms with van der Waals surface area (Å²) >= 11 is 1.38. The van der Waals surface area contributed by atoms with E-state index in [2.05, 4.69) is 15.0 Å². The molecule has 1 aromatic heterocycles. The first-order valence-corrected chi connectivity index (χ1v) is 10.4. The Morgan fingerprint density at radius 2 is 1.88 bits per heavy atom. The number of carbonyl (C=O) groups excluding carboxylic acids is 1. The molecule has 2 N–H and O–H groups in total. The molecule has 8 heteroatoms. The highest BCUT2D eigenvalue weighted by atomic mass is 32.2. The lowest BCUT2D eigenvalue weighted by Gasteiger charge is -2.10. The van der Waals surface area contributed by atoms with Gasteiger partial charge in [-0.1, -0.05) is 29.5 Å². The van der Waals surface area contributed by atoms with Crippen LogP contribution in [0.1, 0.15) is 29.8 Å². The van der Waals surface area contributed by atoms with Crippen LogP contribution in [-0.2, 0) is 10.0 Å². The summed E-state index contributed by atoms with van der Waals surface area (Å²) in [5.74, 6) is -0.400. The summed E-state index contributed by atoms with van der Waals surface area (Å²) in [6.07, 6.45) is 0. The predicted molar refractivity (Wildman–Crippen MR) is 104 cm³/mol. The Morgan fingerprint density at radius 3 is 2.58 bits per heavy atom. The van der Waals surface area contributed by atoms with Crippen LogP contribution in [0.2, 0.25) is 0 Å². The van der Waals surface area contributed by atoms with Gasteiger partial charge in [0, 0.05) is 11.6 Å². The van der Waals surface area contributed by atoms with Gasteiger partial charge < -0.3 is 0 Å². The molecule has 0 unspecified atom stereocenters. The number of sulfonamides is 1. The Hall–Kier alpha value is -2.29. The molecular formula is C18H19N3O3S2. The summed E-state index contributed by atoms with van der Waals surface area (Å²) in [5, 5.41) is 3.23. The van der Waals surface area contributed by atoms with E-state index >= 15 is 0 Å². The van der Waals surface area contributed by atoms with Crippen molar-refractivity contribution in [2.45, 2.75) is 31.7 Å². The smallest absolute Gasteiger partial charge is 0.257 e. The van der Waals surface area contributed by atoms with Crippen LogP contribution in [0.5, 0.6) is 0 Å². The first-order chi connectivity index (χ1) is 12.3. The van der Waals surface area contributed by atoms with Crippen LogP contribution in [-0.4, -0.2) is 25.4 Å². The largest absolute Gasteiger partial charge is 0.298 e. The van der Waals surface area contributed by atoms with Gasteiger partial charge in [0.2, 0.25) is 10.0 Å². The summed E-state index contributed by atoms with van der Waals surface area (Å²) in [6.45, 7) is 5.44. The minimum atomic E-state index is -3.66. The first-order valence-electron chi connectivity index (χ1n) is 8.06. The normalized spacial score (nSPS) is 11.8. The van der Waals surface area contributed by atoms with E-state index in [-0.39, 0.29) is 16.5 Å². The number of amides is 1. The second-order valence-corrected chi connectivity index (χ2v) is 8.94. The van der Waals surface area contributed by atoms with Gasteiger partial charge in [0.15, 0.2) is 5.13 Å². The van der Waals surface area contributed by atoms with E-state index in [0.29, 0.717) is 5.13 Å². The van der Waals surface area contributed by atoms with Crippen molar-refractivity contribution in [1.82, 2.24) is 9.71 Å². The number of rotatable bonds is 5. The van der Waals surface area contributed by atoms with Crippen LogP contribution in [0.25, 0.3) is 10.2 Å². The van der Waals surface area contributed by atoms with Crippen molar-refractivity contribution in [2.24, 2.45) is 0 Å². The Bertz CT molecular complexity index is 1070. The number of fused-ring (bicyclic) bond motifs is 1. The van der Waals surface area contributed by atoms with E-state index in [1.807, 2.05) is 25.1 Å². The summed E-state index contributed by atoms with van der Waals surface area (Å²) in [7, 11) is -3.66. The standard InChI is InChI=1S/C18H19N3O3S2/c1-11(2)21-26(23,24)14-8-5-7-13(10-14)17(22)20-18-19-16-12(3)6-4-9-15(16)25-18/h4-11,21H,1-3H3,(H,19,20,22). The van der Waals surface area contributed by atoms with E-state index in [4.69, 9.17) is 0 Å². The van der Waals surface area contributed by atoms with Crippen molar-refractivity contribution in [3.63, 3.8) is 0 Å². The molecule has 136 valence electrons. The average Bonchev–Trinajstić information content (AvgIpc) is 2.98. The second-order valence-electron chi connectivity index (χ2n) is 6.20. The Kier molecular flexibility index (Phi) is 5.08. The summed E-state index contributed by atoms with van der Waals surface area (Å²) in [5.41, 5.74) is 2.14. The first kappa shape index (κ1) is 18.5. The average molecular weight is 390 g/mol. The van der Waals surface area contributed by atoms with E-state index in [0.717, 1.165) is 15.8 Å². The minimum absolute atomic E-state index is 0.0546. The number of benzene rings is 2. The minimum Gasteiger partial charge on any atom is -0.298 e. The molecule has 6 nitrogen and oxygen atoms in total. The lowest BCUT2D eigenvalue weighted by atomic mass is 10.2. The van der Waals surface area contributed by atoms with Crippen molar-refractivity contribution in [3.8, 4) is 0 Å². The maximum Gasteiger partial charge on any atom is 0.257 e.